The first-order valence-electron chi connectivity index (χ1n) is 4.14. The van der Waals surface area contributed by atoms with E-state index in [1.165, 1.54) is 17.8 Å². The van der Waals surface area contributed by atoms with Gasteiger partial charge in [-0.3, -0.25) is 0 Å². The second kappa shape index (κ2) is 6.03. The summed E-state index contributed by atoms with van der Waals surface area (Å²) in [4.78, 5) is 0.617. The Morgan fingerprint density at radius 2 is 2.31 bits per heavy atom. The molecule has 74 valence electrons. The number of aliphatic hydroxyl groups excluding tert-OH is 1. The van der Waals surface area contributed by atoms with Gasteiger partial charge in [-0.1, -0.05) is 6.92 Å². The highest BCUT2D eigenvalue weighted by molar-refractivity contribution is 8.03. The molecule has 0 amide bonds. The zero-order valence-corrected chi connectivity index (χ0v) is 8.77. The van der Waals surface area contributed by atoms with E-state index in [1.54, 1.807) is 6.92 Å². The zero-order valence-electron chi connectivity index (χ0n) is 7.95. The van der Waals surface area contributed by atoms with Crippen molar-refractivity contribution in [3.05, 3.63) is 11.0 Å². The van der Waals surface area contributed by atoms with Crippen molar-refractivity contribution in [2.75, 3.05) is 12.4 Å². The number of aliphatic hydroxyl groups is 2. The van der Waals surface area contributed by atoms with E-state index in [-0.39, 0.29) is 6.61 Å². The molecule has 0 rings (SSSR count). The smallest absolute Gasteiger partial charge is 0.0930 e. The number of thioether (sulfide) groups is 1. The fraction of sp³-hybridized carbons (Fsp3) is 0.667. The molecule has 0 radical (unpaired) electrons. The second-order valence-electron chi connectivity index (χ2n) is 2.84. The average molecular weight is 201 g/mol. The first kappa shape index (κ1) is 12.5. The lowest BCUT2D eigenvalue weighted by Crippen LogP contribution is -2.24. The van der Waals surface area contributed by atoms with Gasteiger partial charge in [-0.2, -0.15) is 5.26 Å². The van der Waals surface area contributed by atoms with E-state index >= 15 is 0 Å². The summed E-state index contributed by atoms with van der Waals surface area (Å²) >= 11 is 1.32. The van der Waals surface area contributed by atoms with Crippen LogP contribution in [-0.2, 0) is 0 Å². The normalized spacial score (nSPS) is 16.4. The average Bonchev–Trinajstić information content (AvgIpc) is 2.12. The van der Waals surface area contributed by atoms with Crippen LogP contribution in [0.3, 0.4) is 0 Å². The Morgan fingerprint density at radius 1 is 1.69 bits per heavy atom. The van der Waals surface area contributed by atoms with Crippen molar-refractivity contribution < 1.29 is 10.2 Å². The first-order valence-corrected chi connectivity index (χ1v) is 5.13. The number of hydrogen-bond donors (Lipinski definition) is 2. The second-order valence-corrected chi connectivity index (χ2v) is 3.97. The molecule has 0 aliphatic heterocycles. The van der Waals surface area contributed by atoms with Gasteiger partial charge in [0.1, 0.15) is 0 Å². The van der Waals surface area contributed by atoms with E-state index in [9.17, 15) is 5.11 Å². The van der Waals surface area contributed by atoms with Gasteiger partial charge in [0.15, 0.2) is 0 Å². The summed E-state index contributed by atoms with van der Waals surface area (Å²) in [6.45, 7) is 3.57. The van der Waals surface area contributed by atoms with Gasteiger partial charge in [-0.25, -0.2) is 0 Å². The van der Waals surface area contributed by atoms with Crippen LogP contribution >= 0.6 is 11.8 Å². The minimum Gasteiger partial charge on any atom is -0.396 e. The molecule has 1 atom stereocenters. The summed E-state index contributed by atoms with van der Waals surface area (Å²) in [7, 11) is 0. The van der Waals surface area contributed by atoms with Crippen LogP contribution < -0.4 is 0 Å². The predicted molar refractivity (Wildman–Crippen MR) is 54.2 cm³/mol. The summed E-state index contributed by atoms with van der Waals surface area (Å²) in [6, 6.07) is 1.89. The molecule has 0 aromatic carbocycles. The molecule has 0 bridgehead atoms. The number of nitrogens with zero attached hydrogens (tertiary/aromatic N) is 1. The lowest BCUT2D eigenvalue weighted by atomic mass is 10.0. The van der Waals surface area contributed by atoms with E-state index in [0.717, 1.165) is 0 Å². The molecule has 0 aromatic heterocycles. The maximum atomic E-state index is 9.82. The Labute approximate surface area is 83.1 Å². The van der Waals surface area contributed by atoms with E-state index in [0.29, 0.717) is 17.1 Å². The van der Waals surface area contributed by atoms with Crippen molar-refractivity contribution in [2.24, 2.45) is 0 Å². The van der Waals surface area contributed by atoms with Crippen LogP contribution in [0.4, 0.5) is 0 Å². The Hall–Kier alpha value is -0.500. The summed E-state index contributed by atoms with van der Waals surface area (Å²) < 4.78 is 0. The van der Waals surface area contributed by atoms with Crippen molar-refractivity contribution in [2.45, 2.75) is 25.9 Å². The number of rotatable bonds is 5. The van der Waals surface area contributed by atoms with Crippen LogP contribution in [0.15, 0.2) is 11.0 Å². The quantitative estimate of drug-likeness (QED) is 0.658. The lowest BCUT2D eigenvalue weighted by molar-refractivity contribution is 0.103. The van der Waals surface area contributed by atoms with Crippen LogP contribution in [-0.4, -0.2) is 28.2 Å². The number of nitriles is 1. The topological polar surface area (TPSA) is 64.2 Å². The highest BCUT2D eigenvalue weighted by atomic mass is 32.2. The standard InChI is InChI=1S/C9H15NO2S/c1-3-9(2,12)8(4-5-10)13-7-6-11/h4,11-12H,3,6-7H2,1-2H3/b8-4-. The summed E-state index contributed by atoms with van der Waals surface area (Å²) in [6.07, 6.45) is 1.89. The van der Waals surface area contributed by atoms with Crippen LogP contribution in [0.1, 0.15) is 20.3 Å². The van der Waals surface area contributed by atoms with Gasteiger partial charge < -0.3 is 10.2 Å². The summed E-state index contributed by atoms with van der Waals surface area (Å²) in [5.74, 6) is 0.504. The van der Waals surface area contributed by atoms with Crippen molar-refractivity contribution in [1.29, 1.82) is 5.26 Å². The van der Waals surface area contributed by atoms with Gasteiger partial charge in [0.25, 0.3) is 0 Å². The monoisotopic (exact) mass is 201 g/mol. The molecule has 0 saturated heterocycles. The molecule has 4 heteroatoms. The fourth-order valence-corrected chi connectivity index (χ4v) is 1.64. The van der Waals surface area contributed by atoms with E-state index in [1.807, 2.05) is 13.0 Å². The maximum Gasteiger partial charge on any atom is 0.0930 e. The van der Waals surface area contributed by atoms with E-state index in [2.05, 4.69) is 0 Å². The summed E-state index contributed by atoms with van der Waals surface area (Å²) in [5, 5.41) is 26.9. The third-order valence-corrected chi connectivity index (χ3v) is 3.02. The lowest BCUT2D eigenvalue weighted by Gasteiger charge is -2.23. The van der Waals surface area contributed by atoms with Crippen molar-refractivity contribution in [1.82, 2.24) is 0 Å². The predicted octanol–water partition coefficient (Wildman–Crippen LogP) is 1.28. The highest BCUT2D eigenvalue weighted by Crippen LogP contribution is 2.29. The Morgan fingerprint density at radius 3 is 2.69 bits per heavy atom. The molecule has 3 nitrogen and oxygen atoms in total. The van der Waals surface area contributed by atoms with Gasteiger partial charge in [0, 0.05) is 16.7 Å². The molecule has 1 unspecified atom stereocenters. The molecule has 0 heterocycles. The largest absolute Gasteiger partial charge is 0.396 e. The molecule has 13 heavy (non-hydrogen) atoms. The molecule has 0 saturated carbocycles. The molecule has 2 N–H and O–H groups in total. The zero-order chi connectivity index (χ0) is 10.3. The number of allylic oxidation sites excluding steroid dienone is 1. The van der Waals surface area contributed by atoms with Crippen molar-refractivity contribution >= 4 is 11.8 Å². The van der Waals surface area contributed by atoms with Crippen molar-refractivity contribution in [3.63, 3.8) is 0 Å². The minimum absolute atomic E-state index is 0.0488. The minimum atomic E-state index is -0.949. The molecule has 0 aromatic rings. The molecular formula is C9H15NO2S. The van der Waals surface area contributed by atoms with Gasteiger partial charge in [-0.15, -0.1) is 11.8 Å². The Bertz CT molecular complexity index is 218. The molecular weight excluding hydrogens is 186 g/mol. The van der Waals surface area contributed by atoms with Gasteiger partial charge in [0.2, 0.25) is 0 Å². The van der Waals surface area contributed by atoms with E-state index < -0.39 is 5.60 Å². The first-order chi connectivity index (χ1) is 6.08. The molecule has 0 aliphatic carbocycles. The SMILES string of the molecule is CCC(C)(O)/C(=C/C#N)SCCO. The van der Waals surface area contributed by atoms with Gasteiger partial charge in [-0.05, 0) is 13.3 Å². The van der Waals surface area contributed by atoms with Crippen molar-refractivity contribution in [3.8, 4) is 6.07 Å². The third kappa shape index (κ3) is 4.32. The fourth-order valence-electron chi connectivity index (χ4n) is 0.741. The third-order valence-electron chi connectivity index (χ3n) is 1.76. The highest BCUT2D eigenvalue weighted by Gasteiger charge is 2.23. The Kier molecular flexibility index (Phi) is 5.80. The van der Waals surface area contributed by atoms with Gasteiger partial charge >= 0.3 is 0 Å². The van der Waals surface area contributed by atoms with E-state index in [4.69, 9.17) is 10.4 Å². The molecule has 0 spiro atoms. The summed E-state index contributed by atoms with van der Waals surface area (Å²) in [5.41, 5.74) is -0.949. The Balaban J connectivity index is 4.44. The van der Waals surface area contributed by atoms with Gasteiger partial charge in [0.05, 0.1) is 18.3 Å². The molecule has 0 aliphatic rings. The van der Waals surface area contributed by atoms with Crippen LogP contribution in [0.5, 0.6) is 0 Å². The van der Waals surface area contributed by atoms with Crippen LogP contribution in [0, 0.1) is 11.3 Å². The van der Waals surface area contributed by atoms with Crippen LogP contribution in [0.25, 0.3) is 0 Å². The molecule has 0 fully saturated rings. The number of hydrogen-bond acceptors (Lipinski definition) is 4. The van der Waals surface area contributed by atoms with Crippen LogP contribution in [0.2, 0.25) is 0 Å². The maximum absolute atomic E-state index is 9.82.